The molecule has 2 aromatic carbocycles. The first-order valence-corrected chi connectivity index (χ1v) is 11.4. The van der Waals surface area contributed by atoms with Crippen molar-refractivity contribution in [1.82, 2.24) is 0 Å². The highest BCUT2D eigenvalue weighted by Crippen LogP contribution is 2.52. The van der Waals surface area contributed by atoms with Crippen LogP contribution in [0.15, 0.2) is 60.7 Å². The number of rotatable bonds is 6. The zero-order valence-electron chi connectivity index (χ0n) is 17.1. The van der Waals surface area contributed by atoms with E-state index in [1.54, 1.807) is 11.8 Å². The van der Waals surface area contributed by atoms with Gasteiger partial charge in [0.25, 0.3) is 9.76 Å². The van der Waals surface area contributed by atoms with Crippen LogP contribution in [0.1, 0.15) is 26.3 Å². The molecule has 0 N–H and O–H groups in total. The van der Waals surface area contributed by atoms with Crippen molar-refractivity contribution in [3.8, 4) is 0 Å². The molecule has 3 rings (SSSR count). The highest BCUT2D eigenvalue weighted by atomic mass is 32.2. The van der Waals surface area contributed by atoms with Gasteiger partial charge < -0.3 is 18.6 Å². The summed E-state index contributed by atoms with van der Waals surface area (Å²) < 4.78 is 22.8. The molecule has 0 aliphatic carbocycles. The van der Waals surface area contributed by atoms with Gasteiger partial charge in [-0.1, -0.05) is 81.4 Å². The highest BCUT2D eigenvalue weighted by Gasteiger charge is 2.54. The number of carbonyl (C=O) groups is 1. The molecule has 1 fully saturated rings. The SMILES string of the molecule is COC(=O)OC1CSC(C(O[Si]c2ccccc2)(c2ccccc2)C(C)(C)C)O1. The van der Waals surface area contributed by atoms with Crippen LogP contribution in [0.5, 0.6) is 0 Å². The van der Waals surface area contributed by atoms with Crippen molar-refractivity contribution in [2.75, 3.05) is 12.9 Å². The largest absolute Gasteiger partial charge is 0.510 e. The van der Waals surface area contributed by atoms with Crippen LogP contribution in [-0.2, 0) is 24.2 Å². The Labute approximate surface area is 179 Å². The van der Waals surface area contributed by atoms with Crippen molar-refractivity contribution in [3.05, 3.63) is 66.2 Å². The lowest BCUT2D eigenvalue weighted by molar-refractivity contribution is -0.173. The van der Waals surface area contributed by atoms with Gasteiger partial charge in [-0.05, 0) is 16.2 Å². The van der Waals surface area contributed by atoms with E-state index in [1.165, 1.54) is 7.11 Å². The minimum Gasteiger partial charge on any atom is -0.438 e. The fourth-order valence-corrected chi connectivity index (χ4v) is 6.00. The third kappa shape index (κ3) is 4.86. The Bertz CT molecular complexity index is 796. The Hall–Kier alpha value is -1.80. The van der Waals surface area contributed by atoms with Crippen LogP contribution < -0.4 is 5.19 Å². The van der Waals surface area contributed by atoms with E-state index in [1.807, 2.05) is 36.4 Å². The fraction of sp³-hybridized carbons (Fsp3) is 0.409. The summed E-state index contributed by atoms with van der Waals surface area (Å²) in [7, 11) is 1.43. The molecule has 154 valence electrons. The second kappa shape index (κ2) is 9.34. The molecular weight excluding hydrogens is 404 g/mol. The van der Waals surface area contributed by atoms with Crippen LogP contribution in [0, 0.1) is 5.41 Å². The van der Waals surface area contributed by atoms with E-state index in [4.69, 9.17) is 13.9 Å². The predicted molar refractivity (Wildman–Crippen MR) is 115 cm³/mol. The van der Waals surface area contributed by atoms with Gasteiger partial charge >= 0.3 is 6.16 Å². The first-order valence-electron chi connectivity index (χ1n) is 9.43. The average molecular weight is 431 g/mol. The molecule has 0 saturated carbocycles. The molecule has 29 heavy (non-hydrogen) atoms. The van der Waals surface area contributed by atoms with Gasteiger partial charge in [-0.2, -0.15) is 0 Å². The number of methoxy groups -OCH3 is 1. The lowest BCUT2D eigenvalue weighted by Gasteiger charge is -2.48. The van der Waals surface area contributed by atoms with Gasteiger partial charge in [0.1, 0.15) is 11.0 Å². The molecular formula is C22H26O5SSi. The number of hydrogen-bond acceptors (Lipinski definition) is 6. The number of thioether (sulfide) groups is 1. The summed E-state index contributed by atoms with van der Waals surface area (Å²) in [5.74, 6) is 0.516. The lowest BCUT2D eigenvalue weighted by atomic mass is 9.72. The standard InChI is InChI=1S/C22H26O5SSi/c1-21(2,3)22(16-11-7-5-8-12-16,27-29-17-13-9-6-10-14-17)19-25-18(15-28-19)26-20(23)24-4/h5-14,18-19H,15H2,1-4H3. The topological polar surface area (TPSA) is 54.0 Å². The summed E-state index contributed by atoms with van der Waals surface area (Å²) >= 11 is 1.59. The second-order valence-electron chi connectivity index (χ2n) is 7.72. The maximum absolute atomic E-state index is 11.5. The Morgan fingerprint density at radius 2 is 1.69 bits per heavy atom. The van der Waals surface area contributed by atoms with Crippen molar-refractivity contribution < 1.29 is 23.4 Å². The smallest absolute Gasteiger partial charge is 0.438 e. The molecule has 2 aromatic rings. The van der Waals surface area contributed by atoms with Crippen molar-refractivity contribution in [2.24, 2.45) is 5.41 Å². The van der Waals surface area contributed by atoms with E-state index in [0.717, 1.165) is 10.8 Å². The summed E-state index contributed by atoms with van der Waals surface area (Å²) in [5.41, 5.74) is -0.363. The zero-order valence-corrected chi connectivity index (χ0v) is 18.9. The Balaban J connectivity index is 1.95. The molecule has 1 heterocycles. The van der Waals surface area contributed by atoms with Crippen LogP contribution in [0.25, 0.3) is 0 Å². The normalized spacial score (nSPS) is 21.4. The van der Waals surface area contributed by atoms with Gasteiger partial charge in [0.15, 0.2) is 0 Å². The van der Waals surface area contributed by atoms with E-state index >= 15 is 0 Å². The van der Waals surface area contributed by atoms with Gasteiger partial charge in [0, 0.05) is 0 Å². The second-order valence-corrected chi connectivity index (χ2v) is 9.81. The summed E-state index contributed by atoms with van der Waals surface area (Å²) in [6, 6.07) is 20.3. The van der Waals surface area contributed by atoms with Crippen LogP contribution in [0.4, 0.5) is 4.79 Å². The number of hydrogen-bond donors (Lipinski definition) is 0. The summed E-state index contributed by atoms with van der Waals surface area (Å²) in [6.07, 6.45) is -1.42. The molecule has 1 aliphatic heterocycles. The average Bonchev–Trinajstić information content (AvgIpc) is 3.17. The summed E-state index contributed by atoms with van der Waals surface area (Å²) in [4.78, 5) is 11.5. The highest BCUT2D eigenvalue weighted by molar-refractivity contribution is 8.00. The minimum absolute atomic E-state index is 0.144. The van der Waals surface area contributed by atoms with Crippen LogP contribution in [0.3, 0.4) is 0 Å². The first-order chi connectivity index (χ1) is 13.9. The number of benzene rings is 2. The molecule has 0 spiro atoms. The maximum Gasteiger partial charge on any atom is 0.510 e. The van der Waals surface area contributed by atoms with E-state index < -0.39 is 18.0 Å². The van der Waals surface area contributed by atoms with E-state index in [0.29, 0.717) is 5.75 Å². The van der Waals surface area contributed by atoms with Gasteiger partial charge in [-0.25, -0.2) is 4.79 Å². The molecule has 5 nitrogen and oxygen atoms in total. The molecule has 0 amide bonds. The Morgan fingerprint density at radius 1 is 1.07 bits per heavy atom. The summed E-state index contributed by atoms with van der Waals surface area (Å²) in [5, 5.41) is 1.11. The molecule has 3 unspecified atom stereocenters. The third-order valence-corrected chi connectivity index (χ3v) is 7.01. The molecule has 3 atom stereocenters. The van der Waals surface area contributed by atoms with Crippen LogP contribution in [0.2, 0.25) is 0 Å². The Kier molecular flexibility index (Phi) is 7.05. The first kappa shape index (κ1) is 21.9. The van der Waals surface area contributed by atoms with Crippen molar-refractivity contribution in [3.63, 3.8) is 0 Å². The van der Waals surface area contributed by atoms with Gasteiger partial charge in [0.2, 0.25) is 6.29 Å². The van der Waals surface area contributed by atoms with Gasteiger partial charge in [0.05, 0.1) is 12.9 Å². The monoisotopic (exact) mass is 430 g/mol. The van der Waals surface area contributed by atoms with Crippen molar-refractivity contribution in [2.45, 2.75) is 38.1 Å². The van der Waals surface area contributed by atoms with Gasteiger partial charge in [-0.3, -0.25) is 0 Å². The van der Waals surface area contributed by atoms with Gasteiger partial charge in [-0.15, -0.1) is 11.8 Å². The van der Waals surface area contributed by atoms with E-state index in [2.05, 4.69) is 49.8 Å². The molecule has 0 aromatic heterocycles. The van der Waals surface area contributed by atoms with E-state index in [9.17, 15) is 4.79 Å². The maximum atomic E-state index is 11.5. The van der Waals surface area contributed by atoms with Crippen molar-refractivity contribution in [1.29, 1.82) is 0 Å². The summed E-state index contributed by atoms with van der Waals surface area (Å²) in [6.45, 7) is 6.44. The number of ether oxygens (including phenoxy) is 3. The molecule has 0 bridgehead atoms. The minimum atomic E-state index is -0.749. The van der Waals surface area contributed by atoms with E-state index in [-0.39, 0.29) is 20.6 Å². The fourth-order valence-electron chi connectivity index (χ4n) is 3.33. The molecule has 1 saturated heterocycles. The molecule has 2 radical (unpaired) electrons. The quantitative estimate of drug-likeness (QED) is 0.508. The van der Waals surface area contributed by atoms with Crippen LogP contribution >= 0.6 is 11.8 Å². The molecule has 1 aliphatic rings. The molecule has 7 heteroatoms. The van der Waals surface area contributed by atoms with Crippen LogP contribution in [-0.4, -0.2) is 40.5 Å². The number of carbonyl (C=O) groups excluding carboxylic acids is 1. The Morgan fingerprint density at radius 3 is 2.28 bits per heavy atom. The van der Waals surface area contributed by atoms with Crippen molar-refractivity contribution >= 4 is 32.9 Å². The third-order valence-electron chi connectivity index (χ3n) is 4.81. The lowest BCUT2D eigenvalue weighted by Crippen LogP contribution is -2.53. The zero-order chi connectivity index (χ0) is 20.9. The predicted octanol–water partition coefficient (Wildman–Crippen LogP) is 4.09.